The molecule has 28 heavy (non-hydrogen) atoms. The largest absolute Gasteiger partial charge is 0.532 e. The van der Waals surface area contributed by atoms with Gasteiger partial charge >= 0.3 is 12.1 Å². The molecule has 4 rings (SSSR count). The second-order valence-electron chi connectivity index (χ2n) is 6.12. The molecule has 1 saturated heterocycles. The van der Waals surface area contributed by atoms with Gasteiger partial charge in [-0.2, -0.15) is 4.79 Å². The average Bonchev–Trinajstić information content (AvgIpc) is 3.04. The number of rotatable bonds is 4. The van der Waals surface area contributed by atoms with E-state index in [0.717, 1.165) is 9.58 Å². The Balaban J connectivity index is 1.87. The SMILES string of the molecule is O=C(/C(c1ccccc1)=[N+]1\NC(=O)N(c2ccccc2)C1=O)c1ccccc1. The lowest BCUT2D eigenvalue weighted by Gasteiger charge is -2.06. The fourth-order valence-electron chi connectivity index (χ4n) is 3.02. The summed E-state index contributed by atoms with van der Waals surface area (Å²) in [5, 5.41) is 0. The van der Waals surface area contributed by atoms with E-state index in [1.807, 2.05) is 6.07 Å². The molecule has 1 aliphatic rings. The lowest BCUT2D eigenvalue weighted by atomic mass is 10.0. The van der Waals surface area contributed by atoms with Crippen LogP contribution in [0, 0.1) is 0 Å². The van der Waals surface area contributed by atoms with E-state index < -0.39 is 12.1 Å². The predicted octanol–water partition coefficient (Wildman–Crippen LogP) is 3.64. The molecule has 0 saturated carbocycles. The normalized spacial score (nSPS) is 15.4. The first-order valence-corrected chi connectivity index (χ1v) is 8.69. The third-order valence-electron chi connectivity index (χ3n) is 4.33. The molecule has 4 amide bonds. The van der Waals surface area contributed by atoms with Crippen LogP contribution in [0.4, 0.5) is 15.3 Å². The minimum absolute atomic E-state index is 0.0866. The van der Waals surface area contributed by atoms with Crippen LogP contribution in [-0.2, 0) is 0 Å². The van der Waals surface area contributed by atoms with Crippen LogP contribution < -0.4 is 10.3 Å². The summed E-state index contributed by atoms with van der Waals surface area (Å²) in [4.78, 5) is 39.8. The Morgan fingerprint density at radius 2 is 1.21 bits per heavy atom. The Morgan fingerprint density at radius 1 is 0.714 bits per heavy atom. The molecule has 3 aromatic rings. The Morgan fingerprint density at radius 3 is 1.79 bits per heavy atom. The smallest absolute Gasteiger partial charge is 0.284 e. The molecule has 0 spiro atoms. The van der Waals surface area contributed by atoms with Crippen LogP contribution in [-0.4, -0.2) is 28.2 Å². The molecule has 1 fully saturated rings. The van der Waals surface area contributed by atoms with E-state index in [9.17, 15) is 14.4 Å². The highest BCUT2D eigenvalue weighted by molar-refractivity contribution is 6.50. The number of ketones is 1. The third kappa shape index (κ3) is 3.07. The van der Waals surface area contributed by atoms with Crippen LogP contribution in [0.2, 0.25) is 0 Å². The van der Waals surface area contributed by atoms with Crippen LogP contribution in [0.3, 0.4) is 0 Å². The number of urea groups is 2. The number of amides is 4. The van der Waals surface area contributed by atoms with Crippen molar-refractivity contribution >= 4 is 29.2 Å². The van der Waals surface area contributed by atoms with Crippen molar-refractivity contribution in [1.29, 1.82) is 0 Å². The molecule has 6 heteroatoms. The fraction of sp³-hybridized carbons (Fsp3) is 0. The Hall–Kier alpha value is -4.06. The van der Waals surface area contributed by atoms with Crippen molar-refractivity contribution in [2.45, 2.75) is 0 Å². The molecule has 0 unspecified atom stereocenters. The number of hydrogen-bond acceptors (Lipinski definition) is 3. The summed E-state index contributed by atoms with van der Waals surface area (Å²) in [7, 11) is 0. The van der Waals surface area contributed by atoms with Gasteiger partial charge in [0.15, 0.2) is 0 Å². The first-order chi connectivity index (χ1) is 13.7. The number of imide groups is 1. The number of nitrogens with one attached hydrogen (secondary N) is 1. The van der Waals surface area contributed by atoms with Gasteiger partial charge in [-0.15, -0.1) is 10.3 Å². The number of para-hydroxylation sites is 1. The van der Waals surface area contributed by atoms with Gasteiger partial charge in [0.05, 0.1) is 0 Å². The van der Waals surface area contributed by atoms with E-state index in [4.69, 9.17) is 0 Å². The summed E-state index contributed by atoms with van der Waals surface area (Å²) in [6.07, 6.45) is 0. The van der Waals surface area contributed by atoms with Gasteiger partial charge in [-0.25, -0.2) is 4.79 Å². The molecule has 136 valence electrons. The lowest BCUT2D eigenvalue weighted by molar-refractivity contribution is -0.462. The summed E-state index contributed by atoms with van der Waals surface area (Å²) in [5.74, 6) is -0.365. The molecular formula is C22H16N3O3+. The van der Waals surface area contributed by atoms with Crippen molar-refractivity contribution in [3.05, 3.63) is 102 Å². The highest BCUT2D eigenvalue weighted by Gasteiger charge is 2.47. The predicted molar refractivity (Wildman–Crippen MR) is 104 cm³/mol. The Labute approximate surface area is 161 Å². The minimum Gasteiger partial charge on any atom is -0.284 e. The number of carbonyl (C=O) groups is 3. The number of hydrazine groups is 1. The molecule has 0 radical (unpaired) electrons. The molecular weight excluding hydrogens is 354 g/mol. The van der Waals surface area contributed by atoms with Gasteiger partial charge in [0.25, 0.3) is 0 Å². The van der Waals surface area contributed by atoms with E-state index in [2.05, 4.69) is 5.43 Å². The molecule has 0 aromatic heterocycles. The van der Waals surface area contributed by atoms with Gasteiger partial charge < -0.3 is 0 Å². The molecule has 0 aliphatic carbocycles. The van der Waals surface area contributed by atoms with Crippen molar-refractivity contribution in [3.63, 3.8) is 0 Å². The highest BCUT2D eigenvalue weighted by Crippen LogP contribution is 2.19. The first-order valence-electron chi connectivity index (χ1n) is 8.69. The summed E-state index contributed by atoms with van der Waals surface area (Å²) in [6.45, 7) is 0. The minimum atomic E-state index is -0.640. The van der Waals surface area contributed by atoms with Crippen LogP contribution in [0.5, 0.6) is 0 Å². The van der Waals surface area contributed by atoms with E-state index in [0.29, 0.717) is 16.8 Å². The molecule has 1 N–H and O–H groups in total. The second kappa shape index (κ2) is 7.28. The molecule has 6 nitrogen and oxygen atoms in total. The zero-order valence-electron chi connectivity index (χ0n) is 14.8. The van der Waals surface area contributed by atoms with Crippen LogP contribution >= 0.6 is 0 Å². The number of hydrazone groups is 1. The van der Waals surface area contributed by atoms with E-state index in [1.54, 1.807) is 84.9 Å². The number of nitrogens with zero attached hydrogens (tertiary/aromatic N) is 2. The van der Waals surface area contributed by atoms with E-state index in [-0.39, 0.29) is 11.5 Å². The van der Waals surface area contributed by atoms with Crippen molar-refractivity contribution in [2.75, 3.05) is 4.90 Å². The number of Topliss-reactive ketones (excluding diaryl/α,β-unsaturated/α-hetero) is 1. The van der Waals surface area contributed by atoms with Crippen molar-refractivity contribution in [1.82, 2.24) is 5.43 Å². The number of hydrogen-bond donors (Lipinski definition) is 1. The average molecular weight is 370 g/mol. The Bertz CT molecular complexity index is 1080. The number of benzene rings is 3. The lowest BCUT2D eigenvalue weighted by Crippen LogP contribution is -2.37. The Kier molecular flexibility index (Phi) is 4.51. The third-order valence-corrected chi connectivity index (χ3v) is 4.33. The van der Waals surface area contributed by atoms with Crippen molar-refractivity contribution in [3.8, 4) is 0 Å². The summed E-state index contributed by atoms with van der Waals surface area (Å²) in [6, 6.07) is 24.7. The monoisotopic (exact) mass is 370 g/mol. The van der Waals surface area contributed by atoms with Crippen LogP contribution in [0.1, 0.15) is 15.9 Å². The van der Waals surface area contributed by atoms with Crippen molar-refractivity contribution in [2.24, 2.45) is 0 Å². The summed E-state index contributed by atoms with van der Waals surface area (Å²) in [5.41, 5.74) is 3.97. The van der Waals surface area contributed by atoms with Gasteiger partial charge in [-0.3, -0.25) is 4.79 Å². The van der Waals surface area contributed by atoms with Crippen molar-refractivity contribution < 1.29 is 19.1 Å². The van der Waals surface area contributed by atoms with Crippen LogP contribution in [0.15, 0.2) is 91.0 Å². The maximum atomic E-state index is 13.2. The molecule has 1 aliphatic heterocycles. The van der Waals surface area contributed by atoms with E-state index in [1.165, 1.54) is 0 Å². The molecule has 0 atom stereocenters. The molecule has 0 bridgehead atoms. The zero-order chi connectivity index (χ0) is 19.5. The van der Waals surface area contributed by atoms with Gasteiger partial charge in [-0.1, -0.05) is 83.5 Å². The standard InChI is InChI=1S/C22H15N3O3/c26-20(17-12-6-2-7-13-17)19(16-10-4-1-5-11-16)25-22(28)24(21(27)23-25)18-14-8-3-9-15-18/h1-15H/p+1. The molecule has 1 heterocycles. The first kappa shape index (κ1) is 17.4. The summed E-state index contributed by atoms with van der Waals surface area (Å²) < 4.78 is 1.01. The number of carbonyl (C=O) groups excluding carboxylic acids is 3. The second-order valence-corrected chi connectivity index (χ2v) is 6.12. The maximum absolute atomic E-state index is 13.2. The van der Waals surface area contributed by atoms with Gasteiger partial charge in [-0.05, 0) is 12.1 Å². The number of anilines is 1. The van der Waals surface area contributed by atoms with Crippen LogP contribution in [0.25, 0.3) is 0 Å². The summed E-state index contributed by atoms with van der Waals surface area (Å²) >= 11 is 0. The zero-order valence-corrected chi connectivity index (χ0v) is 14.8. The van der Waals surface area contributed by atoms with Gasteiger partial charge in [0.2, 0.25) is 11.5 Å². The quantitative estimate of drug-likeness (QED) is 0.563. The van der Waals surface area contributed by atoms with E-state index >= 15 is 0 Å². The fourth-order valence-corrected chi connectivity index (χ4v) is 3.02. The maximum Gasteiger partial charge on any atom is 0.532 e. The van der Waals surface area contributed by atoms with Gasteiger partial charge in [0.1, 0.15) is 5.69 Å². The van der Waals surface area contributed by atoms with Gasteiger partial charge in [0, 0.05) is 11.1 Å². The topological polar surface area (TPSA) is 69.5 Å². The highest BCUT2D eigenvalue weighted by atomic mass is 16.2. The molecule has 3 aromatic carbocycles.